The van der Waals surface area contributed by atoms with Crippen molar-refractivity contribution < 1.29 is 28.6 Å². The lowest BCUT2D eigenvalue weighted by molar-refractivity contribution is -0.120. The van der Waals surface area contributed by atoms with Crippen LogP contribution in [0.4, 0.5) is 10.5 Å². The first-order valence-electron chi connectivity index (χ1n) is 18.2. The number of imide groups is 1. The van der Waals surface area contributed by atoms with Gasteiger partial charge < -0.3 is 23.7 Å². The van der Waals surface area contributed by atoms with E-state index in [0.29, 0.717) is 42.0 Å². The lowest BCUT2D eigenvalue weighted by Crippen LogP contribution is -2.50. The van der Waals surface area contributed by atoms with Crippen molar-refractivity contribution in [2.75, 3.05) is 51.8 Å². The van der Waals surface area contributed by atoms with Crippen LogP contribution in [0.2, 0.25) is 0 Å². The van der Waals surface area contributed by atoms with Crippen LogP contribution in [-0.2, 0) is 23.1 Å². The number of aryl methyl sites for hydroxylation is 2. The molecule has 3 aliphatic rings. The quantitative estimate of drug-likeness (QED) is 0.262. The predicted molar refractivity (Wildman–Crippen MR) is 201 cm³/mol. The monoisotopic (exact) mass is 722 g/mol. The maximum atomic E-state index is 13.5. The second-order valence-electron chi connectivity index (χ2n) is 14.1. The van der Waals surface area contributed by atoms with E-state index in [1.54, 1.807) is 50.4 Å². The highest BCUT2D eigenvalue weighted by Crippen LogP contribution is 2.39. The number of fused-ring (bicyclic) bond motifs is 1. The summed E-state index contributed by atoms with van der Waals surface area (Å²) in [5.74, 6) is 1.11. The average molecular weight is 723 g/mol. The van der Waals surface area contributed by atoms with Gasteiger partial charge in [-0.1, -0.05) is 6.07 Å². The lowest BCUT2D eigenvalue weighted by atomic mass is 9.98. The van der Waals surface area contributed by atoms with Crippen LogP contribution < -0.4 is 25.2 Å². The molecule has 0 saturated carbocycles. The standard InChI is InChI=1S/C40H46N6O7/c1-25-5-6-26(19-34(25)46-18-12-37(47)42-40(46)50)38(48)45-16-10-29(11-17-45)53-28-8-14-44(15-9-28)23-27-20-36(52-4)31(21-35(27)51-3)33-24-43(2)39(49)32-22-41-13-7-30(32)33/h5-7,13,19-22,24,28-29H,8-12,14-18,23H2,1-4H3,(H,42,47,50). The highest BCUT2D eigenvalue weighted by atomic mass is 16.5. The Bertz CT molecular complexity index is 2100. The number of nitrogens with zero attached hydrogens (tertiary/aromatic N) is 5. The number of amides is 4. The summed E-state index contributed by atoms with van der Waals surface area (Å²) >= 11 is 0. The Labute approximate surface area is 308 Å². The molecule has 3 saturated heterocycles. The van der Waals surface area contributed by atoms with Crippen LogP contribution in [0, 0.1) is 6.92 Å². The fourth-order valence-corrected chi connectivity index (χ4v) is 7.74. The van der Waals surface area contributed by atoms with Crippen molar-refractivity contribution in [3.63, 3.8) is 0 Å². The van der Waals surface area contributed by atoms with Crippen LogP contribution in [0.5, 0.6) is 11.5 Å². The summed E-state index contributed by atoms with van der Waals surface area (Å²) in [7, 11) is 5.07. The predicted octanol–water partition coefficient (Wildman–Crippen LogP) is 4.66. The molecule has 4 aromatic rings. The molecule has 5 heterocycles. The van der Waals surface area contributed by atoms with Gasteiger partial charge in [-0.25, -0.2) is 4.79 Å². The number of rotatable bonds is 9. The average Bonchev–Trinajstić information content (AvgIpc) is 3.17. The van der Waals surface area contributed by atoms with Crippen LogP contribution in [0.3, 0.4) is 0 Å². The highest BCUT2D eigenvalue weighted by molar-refractivity contribution is 6.06. The van der Waals surface area contributed by atoms with Gasteiger partial charge in [0, 0.05) is 99.3 Å². The molecule has 0 aliphatic carbocycles. The van der Waals surface area contributed by atoms with E-state index in [9.17, 15) is 19.2 Å². The minimum absolute atomic E-state index is 0.0633. The SMILES string of the molecule is COc1cc(-c2cn(C)c(=O)c3cnccc23)c(OC)cc1CN1CCC(OC2CCN(C(=O)c3ccc(C)c(N4CCC(=O)NC4=O)c3)CC2)CC1. The number of carbonyl (C=O) groups excluding carboxylic acids is 3. The fourth-order valence-electron chi connectivity index (χ4n) is 7.74. The number of nitrogens with one attached hydrogen (secondary N) is 1. The summed E-state index contributed by atoms with van der Waals surface area (Å²) in [5, 5.41) is 3.71. The summed E-state index contributed by atoms with van der Waals surface area (Å²) in [6.45, 7) is 5.86. The van der Waals surface area contributed by atoms with Crippen molar-refractivity contribution >= 4 is 34.3 Å². The molecule has 0 spiro atoms. The molecule has 7 rings (SSSR count). The number of pyridine rings is 2. The van der Waals surface area contributed by atoms with Crippen molar-refractivity contribution in [3.05, 3.63) is 82.0 Å². The Morgan fingerprint density at radius 1 is 0.868 bits per heavy atom. The Morgan fingerprint density at radius 3 is 2.28 bits per heavy atom. The molecule has 13 heteroatoms. The summed E-state index contributed by atoms with van der Waals surface area (Å²) in [6, 6.07) is 10.8. The molecule has 1 N–H and O–H groups in total. The van der Waals surface area contributed by atoms with E-state index in [4.69, 9.17) is 14.2 Å². The van der Waals surface area contributed by atoms with Crippen LogP contribution in [-0.4, -0.2) is 96.3 Å². The number of hydrogen-bond acceptors (Lipinski definition) is 9. The van der Waals surface area contributed by atoms with Gasteiger partial charge in [0.25, 0.3) is 11.5 Å². The van der Waals surface area contributed by atoms with E-state index >= 15 is 0 Å². The van der Waals surface area contributed by atoms with Gasteiger partial charge in [-0.2, -0.15) is 0 Å². The molecule has 3 fully saturated rings. The molecule has 3 aliphatic heterocycles. The number of piperidine rings is 2. The number of methoxy groups -OCH3 is 2. The third-order valence-corrected chi connectivity index (χ3v) is 10.7. The zero-order chi connectivity index (χ0) is 37.2. The van der Waals surface area contributed by atoms with Gasteiger partial charge in [0.05, 0.1) is 31.8 Å². The Hall–Kier alpha value is -5.27. The van der Waals surface area contributed by atoms with E-state index in [0.717, 1.165) is 72.2 Å². The van der Waals surface area contributed by atoms with E-state index in [1.165, 1.54) is 4.90 Å². The molecule has 0 unspecified atom stereocenters. The number of hydrogen-bond donors (Lipinski definition) is 1. The van der Waals surface area contributed by atoms with Crippen molar-refractivity contribution in [2.24, 2.45) is 7.05 Å². The molecule has 278 valence electrons. The van der Waals surface area contributed by atoms with Crippen LogP contribution in [0.1, 0.15) is 53.6 Å². The second-order valence-corrected chi connectivity index (χ2v) is 14.1. The summed E-state index contributed by atoms with van der Waals surface area (Å²) < 4.78 is 19.9. The maximum absolute atomic E-state index is 13.5. The van der Waals surface area contributed by atoms with Gasteiger partial charge in [0.1, 0.15) is 11.5 Å². The largest absolute Gasteiger partial charge is 0.496 e. The normalized spacial score (nSPS) is 17.7. The molecule has 0 bridgehead atoms. The van der Waals surface area contributed by atoms with Crippen LogP contribution in [0.25, 0.3) is 21.9 Å². The van der Waals surface area contributed by atoms with Gasteiger partial charge in [-0.3, -0.25) is 34.5 Å². The Kier molecular flexibility index (Phi) is 10.5. The summed E-state index contributed by atoms with van der Waals surface area (Å²) in [6.07, 6.45) is 8.97. The molecule has 4 amide bonds. The van der Waals surface area contributed by atoms with E-state index < -0.39 is 6.03 Å². The van der Waals surface area contributed by atoms with E-state index in [2.05, 4.69) is 15.2 Å². The van der Waals surface area contributed by atoms with Gasteiger partial charge >= 0.3 is 6.03 Å². The lowest BCUT2D eigenvalue weighted by Gasteiger charge is -2.37. The number of urea groups is 1. The summed E-state index contributed by atoms with van der Waals surface area (Å²) in [4.78, 5) is 60.3. The zero-order valence-electron chi connectivity index (χ0n) is 30.7. The first kappa shape index (κ1) is 36.1. The van der Waals surface area contributed by atoms with Crippen molar-refractivity contribution in [1.29, 1.82) is 0 Å². The highest BCUT2D eigenvalue weighted by Gasteiger charge is 2.30. The van der Waals surface area contributed by atoms with Crippen LogP contribution >= 0.6 is 0 Å². The van der Waals surface area contributed by atoms with Crippen molar-refractivity contribution in [2.45, 2.75) is 57.8 Å². The van der Waals surface area contributed by atoms with Crippen molar-refractivity contribution in [3.8, 4) is 22.6 Å². The minimum atomic E-state index is -0.460. The third-order valence-electron chi connectivity index (χ3n) is 10.7. The van der Waals surface area contributed by atoms with E-state index in [1.807, 2.05) is 42.3 Å². The first-order chi connectivity index (χ1) is 25.6. The molecule has 0 radical (unpaired) electrons. The number of carbonyl (C=O) groups is 3. The first-order valence-corrected chi connectivity index (χ1v) is 18.2. The fraction of sp³-hybridized carbons (Fsp3) is 0.425. The molecule has 0 atom stereocenters. The number of aromatic nitrogens is 2. The Balaban J connectivity index is 0.936. The number of likely N-dealkylation sites (tertiary alicyclic amines) is 2. The van der Waals surface area contributed by atoms with Gasteiger partial charge in [-0.05, 0) is 73.9 Å². The molecule has 2 aromatic carbocycles. The molecule has 13 nitrogen and oxygen atoms in total. The Morgan fingerprint density at radius 2 is 1.58 bits per heavy atom. The summed E-state index contributed by atoms with van der Waals surface area (Å²) in [5.41, 5.74) is 4.67. The topological polar surface area (TPSA) is 136 Å². The van der Waals surface area contributed by atoms with Gasteiger partial charge in [0.2, 0.25) is 5.91 Å². The number of ether oxygens (including phenoxy) is 3. The molecular formula is C40H46N6O7. The maximum Gasteiger partial charge on any atom is 0.328 e. The van der Waals surface area contributed by atoms with E-state index in [-0.39, 0.29) is 42.5 Å². The second kappa shape index (κ2) is 15.4. The van der Waals surface area contributed by atoms with Gasteiger partial charge in [0.15, 0.2) is 0 Å². The number of anilines is 1. The molecule has 2 aromatic heterocycles. The zero-order valence-corrected chi connectivity index (χ0v) is 30.7. The smallest absolute Gasteiger partial charge is 0.328 e. The number of benzene rings is 2. The third kappa shape index (κ3) is 7.49. The van der Waals surface area contributed by atoms with Gasteiger partial charge in [-0.15, -0.1) is 0 Å². The van der Waals surface area contributed by atoms with Crippen LogP contribution in [0.15, 0.2) is 59.8 Å². The molecular weight excluding hydrogens is 676 g/mol. The van der Waals surface area contributed by atoms with Crippen molar-refractivity contribution in [1.82, 2.24) is 24.7 Å². The molecule has 53 heavy (non-hydrogen) atoms. The minimum Gasteiger partial charge on any atom is -0.496 e.